The second-order valence-electron chi connectivity index (χ2n) is 7.90. The van der Waals surface area contributed by atoms with Crippen LogP contribution < -0.4 is 0 Å². The highest BCUT2D eigenvalue weighted by atomic mass is 28.4. The lowest BCUT2D eigenvalue weighted by molar-refractivity contribution is 0.210. The third-order valence-electron chi connectivity index (χ3n) is 4.96. The van der Waals surface area contributed by atoms with E-state index in [1.165, 1.54) is 57.8 Å². The minimum Gasteiger partial charge on any atom is -0.411 e. The second-order valence-corrected chi connectivity index (χ2v) is 12.7. The monoisotopic (exact) mass is 296 g/mol. The first-order valence-corrected chi connectivity index (χ1v) is 11.6. The van der Waals surface area contributed by atoms with Gasteiger partial charge >= 0.3 is 0 Å². The molecular weight excluding hydrogens is 260 g/mol. The van der Waals surface area contributed by atoms with Crippen LogP contribution in [0, 0.1) is 0 Å². The average molecular weight is 297 g/mol. The molecule has 0 spiro atoms. The van der Waals surface area contributed by atoms with Crippen molar-refractivity contribution in [3.05, 3.63) is 12.2 Å². The zero-order chi connectivity index (χ0) is 15.1. The summed E-state index contributed by atoms with van der Waals surface area (Å²) < 4.78 is 6.60. The Hall–Kier alpha value is -0.0831. The van der Waals surface area contributed by atoms with Gasteiger partial charge in [-0.3, -0.25) is 0 Å². The fourth-order valence-corrected chi connectivity index (χ4v) is 3.80. The standard InChI is InChI=1S/C18H36OSi/c1-18(2,3)20(4,5)19-17-15-13-11-9-7-6-8-10-12-14-16-17/h13,15,17H,6-12,14,16H2,1-5H3/b15-13-. The molecule has 1 rings (SSSR count). The minimum absolute atomic E-state index is 0.310. The Morgan fingerprint density at radius 2 is 1.45 bits per heavy atom. The van der Waals surface area contributed by atoms with Crippen LogP contribution >= 0.6 is 0 Å². The summed E-state index contributed by atoms with van der Waals surface area (Å²) in [6, 6.07) is 0. The number of hydrogen-bond donors (Lipinski definition) is 0. The molecule has 118 valence electrons. The van der Waals surface area contributed by atoms with Crippen molar-refractivity contribution in [1.29, 1.82) is 0 Å². The van der Waals surface area contributed by atoms with Crippen molar-refractivity contribution < 1.29 is 4.43 Å². The summed E-state index contributed by atoms with van der Waals surface area (Å²) in [5.41, 5.74) is 0. The van der Waals surface area contributed by atoms with Crippen molar-refractivity contribution in [3.63, 3.8) is 0 Å². The minimum atomic E-state index is -1.63. The number of rotatable bonds is 2. The first kappa shape index (κ1) is 18.0. The van der Waals surface area contributed by atoms with Gasteiger partial charge in [0.1, 0.15) is 0 Å². The van der Waals surface area contributed by atoms with E-state index in [0.717, 1.165) is 0 Å². The molecule has 0 saturated heterocycles. The van der Waals surface area contributed by atoms with Gasteiger partial charge in [0.2, 0.25) is 0 Å². The molecule has 0 radical (unpaired) electrons. The van der Waals surface area contributed by atoms with Gasteiger partial charge in [-0.25, -0.2) is 0 Å². The molecule has 0 aromatic heterocycles. The predicted octanol–water partition coefficient (Wildman–Crippen LogP) is 6.46. The lowest BCUT2D eigenvalue weighted by Gasteiger charge is -2.38. The van der Waals surface area contributed by atoms with Crippen LogP contribution in [-0.4, -0.2) is 14.4 Å². The molecule has 20 heavy (non-hydrogen) atoms. The van der Waals surface area contributed by atoms with Crippen LogP contribution in [0.1, 0.15) is 78.6 Å². The molecule has 1 unspecified atom stereocenters. The largest absolute Gasteiger partial charge is 0.411 e. The van der Waals surface area contributed by atoms with E-state index >= 15 is 0 Å². The number of hydrogen-bond acceptors (Lipinski definition) is 1. The van der Waals surface area contributed by atoms with E-state index in [2.05, 4.69) is 46.0 Å². The van der Waals surface area contributed by atoms with Crippen molar-refractivity contribution in [2.24, 2.45) is 0 Å². The van der Waals surface area contributed by atoms with Crippen molar-refractivity contribution in [3.8, 4) is 0 Å². The summed E-state index contributed by atoms with van der Waals surface area (Å²) in [7, 11) is -1.63. The first-order valence-electron chi connectivity index (χ1n) is 8.67. The van der Waals surface area contributed by atoms with Gasteiger partial charge in [-0.2, -0.15) is 0 Å². The normalized spacial score (nSPS) is 25.6. The van der Waals surface area contributed by atoms with Crippen LogP contribution in [0.3, 0.4) is 0 Å². The Kier molecular flexibility index (Phi) is 7.53. The second kappa shape index (κ2) is 8.38. The van der Waals surface area contributed by atoms with E-state index < -0.39 is 8.32 Å². The van der Waals surface area contributed by atoms with Crippen LogP contribution in [-0.2, 0) is 4.43 Å². The van der Waals surface area contributed by atoms with Gasteiger partial charge in [0.05, 0.1) is 6.10 Å². The fourth-order valence-electron chi connectivity index (χ4n) is 2.49. The van der Waals surface area contributed by atoms with Crippen LogP contribution in [0.4, 0.5) is 0 Å². The van der Waals surface area contributed by atoms with Crippen LogP contribution in [0.5, 0.6) is 0 Å². The van der Waals surface area contributed by atoms with E-state index in [0.29, 0.717) is 11.1 Å². The molecule has 1 aliphatic carbocycles. The van der Waals surface area contributed by atoms with E-state index in [1.807, 2.05) is 0 Å². The van der Waals surface area contributed by atoms with Crippen LogP contribution in [0.25, 0.3) is 0 Å². The molecule has 1 nitrogen and oxygen atoms in total. The van der Waals surface area contributed by atoms with E-state index in [-0.39, 0.29) is 0 Å². The topological polar surface area (TPSA) is 9.23 Å². The Morgan fingerprint density at radius 3 is 2.05 bits per heavy atom. The summed E-state index contributed by atoms with van der Waals surface area (Å²) in [6.07, 6.45) is 17.3. The van der Waals surface area contributed by atoms with Crippen LogP contribution in [0.2, 0.25) is 18.1 Å². The third kappa shape index (κ3) is 6.58. The highest BCUT2D eigenvalue weighted by Crippen LogP contribution is 2.38. The maximum atomic E-state index is 6.60. The summed E-state index contributed by atoms with van der Waals surface area (Å²) in [6.45, 7) is 11.7. The molecule has 0 aromatic carbocycles. The molecule has 0 N–H and O–H groups in total. The zero-order valence-electron chi connectivity index (χ0n) is 14.5. The van der Waals surface area contributed by atoms with Gasteiger partial charge in [-0.15, -0.1) is 0 Å². The van der Waals surface area contributed by atoms with Gasteiger partial charge in [-0.05, 0) is 37.4 Å². The van der Waals surface area contributed by atoms with E-state index in [9.17, 15) is 0 Å². The van der Waals surface area contributed by atoms with Gasteiger partial charge in [0.15, 0.2) is 8.32 Å². The van der Waals surface area contributed by atoms with Crippen molar-refractivity contribution in [2.45, 2.75) is 103 Å². The smallest absolute Gasteiger partial charge is 0.192 e. The molecule has 2 heteroatoms. The first-order chi connectivity index (χ1) is 9.33. The van der Waals surface area contributed by atoms with Gasteiger partial charge in [0, 0.05) is 0 Å². The maximum Gasteiger partial charge on any atom is 0.192 e. The summed E-state index contributed by atoms with van der Waals surface area (Å²) >= 11 is 0. The highest BCUT2D eigenvalue weighted by Gasteiger charge is 2.38. The molecule has 0 saturated carbocycles. The molecule has 0 bridgehead atoms. The van der Waals surface area contributed by atoms with E-state index in [4.69, 9.17) is 4.43 Å². The zero-order valence-corrected chi connectivity index (χ0v) is 15.5. The lowest BCUT2D eigenvalue weighted by Crippen LogP contribution is -2.43. The molecule has 0 aromatic rings. The third-order valence-corrected chi connectivity index (χ3v) is 9.47. The SMILES string of the molecule is CC(C)(C)[Si](C)(C)OC1/C=C\CCCCCCCCC1. The van der Waals surface area contributed by atoms with Crippen molar-refractivity contribution in [2.75, 3.05) is 0 Å². The Balaban J connectivity index is 2.60. The fraction of sp³-hybridized carbons (Fsp3) is 0.889. The molecule has 0 aliphatic heterocycles. The van der Waals surface area contributed by atoms with Gasteiger partial charge in [-0.1, -0.05) is 71.4 Å². The molecule has 1 atom stereocenters. The van der Waals surface area contributed by atoms with Gasteiger partial charge in [0.25, 0.3) is 0 Å². The molecular formula is C18H36OSi. The summed E-state index contributed by atoms with van der Waals surface area (Å²) in [4.78, 5) is 0. The van der Waals surface area contributed by atoms with Crippen molar-refractivity contribution >= 4 is 8.32 Å². The lowest BCUT2D eigenvalue weighted by atomic mass is 10.0. The molecule has 0 heterocycles. The quantitative estimate of drug-likeness (QED) is 0.420. The molecule has 0 fully saturated rings. The number of allylic oxidation sites excluding steroid dienone is 1. The summed E-state index contributed by atoms with van der Waals surface area (Å²) in [5.74, 6) is 0. The molecule has 0 amide bonds. The Labute approximate surface area is 128 Å². The Bertz CT molecular complexity index is 288. The highest BCUT2D eigenvalue weighted by molar-refractivity contribution is 6.74. The molecule has 1 aliphatic rings. The van der Waals surface area contributed by atoms with Crippen LogP contribution in [0.15, 0.2) is 12.2 Å². The predicted molar refractivity (Wildman–Crippen MR) is 92.8 cm³/mol. The van der Waals surface area contributed by atoms with Gasteiger partial charge < -0.3 is 4.43 Å². The maximum absolute atomic E-state index is 6.60. The summed E-state index contributed by atoms with van der Waals surface area (Å²) in [5, 5.41) is 0.310. The average Bonchev–Trinajstić information content (AvgIpc) is 2.31. The van der Waals surface area contributed by atoms with E-state index in [1.54, 1.807) is 0 Å². The Morgan fingerprint density at radius 1 is 0.900 bits per heavy atom. The van der Waals surface area contributed by atoms with Crippen molar-refractivity contribution in [1.82, 2.24) is 0 Å².